The van der Waals surface area contributed by atoms with Crippen LogP contribution < -0.4 is 0 Å². The van der Waals surface area contributed by atoms with Crippen LogP contribution in [0.15, 0.2) is 0 Å². The van der Waals surface area contributed by atoms with Crippen LogP contribution in [0, 0.1) is 5.92 Å². The number of carbonyl (C=O) groups excluding carboxylic acids is 1. The van der Waals surface area contributed by atoms with Gasteiger partial charge in [0, 0.05) is 11.8 Å². The summed E-state index contributed by atoms with van der Waals surface area (Å²) in [7, 11) is 0. The SMILES string of the molecule is O=C(S)CC1CCCCC1Cl. The lowest BCUT2D eigenvalue weighted by atomic mass is 9.87. The van der Waals surface area contributed by atoms with Crippen LogP contribution in [0.25, 0.3) is 0 Å². The van der Waals surface area contributed by atoms with Crippen LogP contribution in [0.3, 0.4) is 0 Å². The maximum Gasteiger partial charge on any atom is 0.186 e. The van der Waals surface area contributed by atoms with Crippen LogP contribution in [0.1, 0.15) is 32.1 Å². The fourth-order valence-electron chi connectivity index (χ4n) is 1.62. The summed E-state index contributed by atoms with van der Waals surface area (Å²) in [6.07, 6.45) is 5.14. The molecule has 2 unspecified atom stereocenters. The molecule has 0 spiro atoms. The molecule has 0 aromatic carbocycles. The lowest BCUT2D eigenvalue weighted by Crippen LogP contribution is -2.21. The largest absolute Gasteiger partial charge is 0.287 e. The van der Waals surface area contributed by atoms with Gasteiger partial charge in [-0.05, 0) is 18.8 Å². The molecule has 1 rings (SSSR count). The van der Waals surface area contributed by atoms with Crippen molar-refractivity contribution >= 4 is 29.3 Å². The Kier molecular flexibility index (Phi) is 3.73. The summed E-state index contributed by atoms with van der Waals surface area (Å²) in [4.78, 5) is 10.7. The van der Waals surface area contributed by atoms with E-state index >= 15 is 0 Å². The summed E-state index contributed by atoms with van der Waals surface area (Å²) >= 11 is 9.79. The molecule has 0 heterocycles. The molecule has 0 amide bonds. The third kappa shape index (κ3) is 3.04. The van der Waals surface area contributed by atoms with Crippen LogP contribution in [0.5, 0.6) is 0 Å². The number of alkyl halides is 1. The highest BCUT2D eigenvalue weighted by atomic mass is 35.5. The Morgan fingerprint density at radius 3 is 2.64 bits per heavy atom. The van der Waals surface area contributed by atoms with E-state index in [0.717, 1.165) is 12.8 Å². The van der Waals surface area contributed by atoms with Gasteiger partial charge in [0.2, 0.25) is 0 Å². The fraction of sp³-hybridized carbons (Fsp3) is 0.875. The minimum Gasteiger partial charge on any atom is -0.287 e. The molecule has 0 aromatic heterocycles. The number of carbonyl (C=O) groups is 1. The lowest BCUT2D eigenvalue weighted by Gasteiger charge is -2.25. The summed E-state index contributed by atoms with van der Waals surface area (Å²) in [6.45, 7) is 0. The highest BCUT2D eigenvalue weighted by molar-refractivity contribution is 7.96. The molecule has 0 bridgehead atoms. The molecule has 1 aliphatic carbocycles. The van der Waals surface area contributed by atoms with Gasteiger partial charge >= 0.3 is 0 Å². The van der Waals surface area contributed by atoms with Crippen molar-refractivity contribution in [2.45, 2.75) is 37.5 Å². The van der Waals surface area contributed by atoms with Crippen molar-refractivity contribution in [1.82, 2.24) is 0 Å². The van der Waals surface area contributed by atoms with Crippen molar-refractivity contribution in [3.63, 3.8) is 0 Å². The zero-order valence-corrected chi connectivity index (χ0v) is 8.07. The molecule has 64 valence electrons. The molecule has 0 radical (unpaired) electrons. The average Bonchev–Trinajstić information content (AvgIpc) is 1.93. The molecule has 1 nitrogen and oxygen atoms in total. The van der Waals surface area contributed by atoms with Gasteiger partial charge in [0.05, 0.1) is 0 Å². The van der Waals surface area contributed by atoms with Crippen LogP contribution >= 0.6 is 24.2 Å². The Hall–Kier alpha value is 0.310. The monoisotopic (exact) mass is 192 g/mol. The van der Waals surface area contributed by atoms with Crippen molar-refractivity contribution in [3.8, 4) is 0 Å². The average molecular weight is 193 g/mol. The second-order valence-corrected chi connectivity index (χ2v) is 4.22. The second kappa shape index (κ2) is 4.36. The normalized spacial score (nSPS) is 31.8. The predicted octanol–water partition coefficient (Wildman–Crippen LogP) is 2.63. The highest BCUT2D eigenvalue weighted by Crippen LogP contribution is 2.31. The lowest BCUT2D eigenvalue weighted by molar-refractivity contribution is -0.111. The van der Waals surface area contributed by atoms with Gasteiger partial charge in [0.25, 0.3) is 0 Å². The van der Waals surface area contributed by atoms with E-state index in [1.54, 1.807) is 0 Å². The molecule has 1 fully saturated rings. The van der Waals surface area contributed by atoms with Gasteiger partial charge in [-0.15, -0.1) is 24.2 Å². The minimum atomic E-state index is -0.0254. The summed E-state index contributed by atoms with van der Waals surface area (Å²) in [6, 6.07) is 0. The van der Waals surface area contributed by atoms with E-state index in [2.05, 4.69) is 12.6 Å². The molecule has 2 atom stereocenters. The first-order valence-corrected chi connectivity index (χ1v) is 4.94. The molecule has 0 N–H and O–H groups in total. The summed E-state index contributed by atoms with van der Waals surface area (Å²) in [5.41, 5.74) is 0. The van der Waals surface area contributed by atoms with Gasteiger partial charge in [-0.1, -0.05) is 12.8 Å². The van der Waals surface area contributed by atoms with Crippen molar-refractivity contribution < 1.29 is 4.79 Å². The first-order valence-electron chi connectivity index (χ1n) is 4.06. The van der Waals surface area contributed by atoms with E-state index in [9.17, 15) is 4.79 Å². The number of hydrogen-bond acceptors (Lipinski definition) is 1. The Morgan fingerprint density at radius 2 is 2.09 bits per heavy atom. The van der Waals surface area contributed by atoms with E-state index in [4.69, 9.17) is 11.6 Å². The molecule has 0 aliphatic heterocycles. The molecule has 1 aliphatic rings. The van der Waals surface area contributed by atoms with Gasteiger partial charge < -0.3 is 0 Å². The molecule has 0 aromatic rings. The smallest absolute Gasteiger partial charge is 0.186 e. The maximum atomic E-state index is 10.7. The van der Waals surface area contributed by atoms with E-state index < -0.39 is 0 Å². The van der Waals surface area contributed by atoms with Gasteiger partial charge in [0.1, 0.15) is 0 Å². The third-order valence-corrected chi connectivity index (χ3v) is 3.01. The molecular weight excluding hydrogens is 180 g/mol. The second-order valence-electron chi connectivity index (χ2n) is 3.16. The summed E-state index contributed by atoms with van der Waals surface area (Å²) in [5, 5.41) is 0.183. The molecule has 11 heavy (non-hydrogen) atoms. The zero-order chi connectivity index (χ0) is 8.27. The summed E-state index contributed by atoms with van der Waals surface area (Å²) < 4.78 is 0. The first kappa shape index (κ1) is 9.40. The van der Waals surface area contributed by atoms with Crippen molar-refractivity contribution in [2.24, 2.45) is 5.92 Å². The Balaban J connectivity index is 2.35. The topological polar surface area (TPSA) is 17.1 Å². The van der Waals surface area contributed by atoms with Crippen LogP contribution in [0.4, 0.5) is 0 Å². The third-order valence-electron chi connectivity index (χ3n) is 2.25. The minimum absolute atomic E-state index is 0.0254. The van der Waals surface area contributed by atoms with Crippen molar-refractivity contribution in [3.05, 3.63) is 0 Å². The van der Waals surface area contributed by atoms with E-state index in [-0.39, 0.29) is 10.5 Å². The summed E-state index contributed by atoms with van der Waals surface area (Å²) in [5.74, 6) is 0.385. The van der Waals surface area contributed by atoms with Crippen LogP contribution in [-0.2, 0) is 4.79 Å². The maximum absolute atomic E-state index is 10.7. The highest BCUT2D eigenvalue weighted by Gasteiger charge is 2.24. The predicted molar refractivity (Wildman–Crippen MR) is 50.2 cm³/mol. The number of thiol groups is 1. The molecular formula is C8H13ClOS. The first-order chi connectivity index (χ1) is 5.20. The number of rotatable bonds is 2. The van der Waals surface area contributed by atoms with Crippen LogP contribution in [-0.4, -0.2) is 10.5 Å². The van der Waals surface area contributed by atoms with Gasteiger partial charge in [0.15, 0.2) is 5.12 Å². The molecule has 0 saturated heterocycles. The van der Waals surface area contributed by atoms with Gasteiger partial charge in [-0.25, -0.2) is 0 Å². The Labute approximate surface area is 77.9 Å². The number of hydrogen-bond donors (Lipinski definition) is 1. The van der Waals surface area contributed by atoms with Crippen LogP contribution in [0.2, 0.25) is 0 Å². The number of halogens is 1. The zero-order valence-electron chi connectivity index (χ0n) is 6.42. The van der Waals surface area contributed by atoms with Crippen molar-refractivity contribution in [2.75, 3.05) is 0 Å². The van der Waals surface area contributed by atoms with E-state index in [1.165, 1.54) is 12.8 Å². The Morgan fingerprint density at radius 1 is 1.45 bits per heavy atom. The van der Waals surface area contributed by atoms with Gasteiger partial charge in [-0.2, -0.15) is 0 Å². The fourth-order valence-corrected chi connectivity index (χ4v) is 2.22. The molecule has 1 saturated carbocycles. The van der Waals surface area contributed by atoms with Crippen molar-refractivity contribution in [1.29, 1.82) is 0 Å². The quantitative estimate of drug-likeness (QED) is 0.526. The van der Waals surface area contributed by atoms with E-state index in [1.807, 2.05) is 0 Å². The standard InChI is InChI=1S/C8H13ClOS/c9-7-4-2-1-3-6(7)5-8(10)11/h6-7H,1-5H2,(H,10,11). The van der Waals surface area contributed by atoms with Gasteiger partial charge in [-0.3, -0.25) is 4.79 Å². The Bertz CT molecular complexity index is 149. The van der Waals surface area contributed by atoms with E-state index in [0.29, 0.717) is 12.3 Å². The molecule has 3 heteroatoms.